The van der Waals surface area contributed by atoms with Crippen LogP contribution in [0.5, 0.6) is 0 Å². The van der Waals surface area contributed by atoms with Crippen molar-refractivity contribution >= 4 is 45.9 Å². The third-order valence-electron chi connectivity index (χ3n) is 3.73. The predicted molar refractivity (Wildman–Crippen MR) is 107 cm³/mol. The molecule has 0 saturated heterocycles. The predicted octanol–water partition coefficient (Wildman–Crippen LogP) is 4.24. The summed E-state index contributed by atoms with van der Waals surface area (Å²) in [7, 11) is 0. The lowest BCUT2D eigenvalue weighted by atomic mass is 10.2. The second-order valence-electron chi connectivity index (χ2n) is 5.73. The van der Waals surface area contributed by atoms with E-state index in [1.807, 2.05) is 0 Å². The Morgan fingerprint density at radius 1 is 1.25 bits per heavy atom. The minimum atomic E-state index is -1.06. The maximum atomic E-state index is 13.2. The minimum absolute atomic E-state index is 0.0886. The standard InChI is InChI=1S/C19H14ClF2N3O2S/c1-2-7-25-18(27)13-5-3-11(20)8-16(13)24-19(25)28-10-17(26)23-12-4-6-14(21)15(22)9-12/h2-6,8-9H,1,7,10H2,(H,23,26). The first-order valence-electron chi connectivity index (χ1n) is 8.07. The number of benzene rings is 2. The molecule has 0 unspecified atom stereocenters. The molecule has 0 aliphatic rings. The zero-order chi connectivity index (χ0) is 20.3. The molecule has 1 amide bonds. The molecular weight excluding hydrogens is 408 g/mol. The second kappa shape index (κ2) is 8.53. The summed E-state index contributed by atoms with van der Waals surface area (Å²) in [5.41, 5.74) is 0.276. The van der Waals surface area contributed by atoms with Crippen molar-refractivity contribution in [2.45, 2.75) is 11.7 Å². The Balaban J connectivity index is 1.83. The molecule has 1 aromatic heterocycles. The molecule has 0 atom stereocenters. The van der Waals surface area contributed by atoms with Crippen molar-refractivity contribution in [1.29, 1.82) is 0 Å². The highest BCUT2D eigenvalue weighted by atomic mass is 35.5. The van der Waals surface area contributed by atoms with Crippen LogP contribution in [-0.2, 0) is 11.3 Å². The van der Waals surface area contributed by atoms with Crippen LogP contribution in [0.1, 0.15) is 0 Å². The van der Waals surface area contributed by atoms with Gasteiger partial charge in [-0.15, -0.1) is 6.58 Å². The lowest BCUT2D eigenvalue weighted by Crippen LogP contribution is -2.23. The van der Waals surface area contributed by atoms with Crippen LogP contribution in [0.25, 0.3) is 10.9 Å². The van der Waals surface area contributed by atoms with Gasteiger partial charge in [0.1, 0.15) is 0 Å². The first kappa shape index (κ1) is 20.0. The first-order valence-corrected chi connectivity index (χ1v) is 9.44. The van der Waals surface area contributed by atoms with Gasteiger partial charge in [0.25, 0.3) is 5.56 Å². The molecule has 0 spiro atoms. The van der Waals surface area contributed by atoms with Crippen molar-refractivity contribution < 1.29 is 13.6 Å². The van der Waals surface area contributed by atoms with E-state index in [9.17, 15) is 18.4 Å². The molecule has 1 N–H and O–H groups in total. The second-order valence-corrected chi connectivity index (χ2v) is 7.10. The quantitative estimate of drug-likeness (QED) is 0.367. The van der Waals surface area contributed by atoms with Crippen LogP contribution in [0.2, 0.25) is 5.02 Å². The van der Waals surface area contributed by atoms with Crippen molar-refractivity contribution in [2.24, 2.45) is 0 Å². The van der Waals surface area contributed by atoms with E-state index in [2.05, 4.69) is 16.9 Å². The van der Waals surface area contributed by atoms with Gasteiger partial charge in [0, 0.05) is 23.3 Å². The minimum Gasteiger partial charge on any atom is -0.325 e. The van der Waals surface area contributed by atoms with Crippen LogP contribution in [0.3, 0.4) is 0 Å². The number of aromatic nitrogens is 2. The van der Waals surface area contributed by atoms with Crippen LogP contribution in [0, 0.1) is 11.6 Å². The van der Waals surface area contributed by atoms with E-state index in [4.69, 9.17) is 11.6 Å². The van der Waals surface area contributed by atoms with Gasteiger partial charge in [-0.1, -0.05) is 29.4 Å². The average molecular weight is 422 g/mol. The number of anilines is 1. The SMILES string of the molecule is C=CCn1c(SCC(=O)Nc2ccc(F)c(F)c2)nc2cc(Cl)ccc2c1=O. The normalized spacial score (nSPS) is 10.8. The van der Waals surface area contributed by atoms with Crippen molar-refractivity contribution in [2.75, 3.05) is 11.1 Å². The monoisotopic (exact) mass is 421 g/mol. The molecular formula is C19H14ClF2N3O2S. The number of hydrogen-bond acceptors (Lipinski definition) is 4. The molecule has 144 valence electrons. The Labute approximate surface area is 168 Å². The average Bonchev–Trinajstić information content (AvgIpc) is 2.65. The van der Waals surface area contributed by atoms with Crippen molar-refractivity contribution in [3.8, 4) is 0 Å². The Morgan fingerprint density at radius 2 is 2.04 bits per heavy atom. The summed E-state index contributed by atoms with van der Waals surface area (Å²) in [6, 6.07) is 7.84. The molecule has 2 aromatic carbocycles. The first-order chi connectivity index (χ1) is 13.4. The molecule has 5 nitrogen and oxygen atoms in total. The number of fused-ring (bicyclic) bond motifs is 1. The third-order valence-corrected chi connectivity index (χ3v) is 4.94. The topological polar surface area (TPSA) is 64.0 Å². The van der Waals surface area contributed by atoms with E-state index in [1.54, 1.807) is 24.3 Å². The van der Waals surface area contributed by atoms with Crippen LogP contribution < -0.4 is 10.9 Å². The lowest BCUT2D eigenvalue weighted by molar-refractivity contribution is -0.113. The molecule has 9 heteroatoms. The molecule has 0 fully saturated rings. The summed E-state index contributed by atoms with van der Waals surface area (Å²) >= 11 is 7.01. The molecule has 0 aliphatic heterocycles. The molecule has 3 rings (SSSR count). The van der Waals surface area contributed by atoms with Gasteiger partial charge in [-0.3, -0.25) is 14.2 Å². The number of carbonyl (C=O) groups excluding carboxylic acids is 1. The van der Waals surface area contributed by atoms with E-state index in [-0.39, 0.29) is 23.5 Å². The van der Waals surface area contributed by atoms with Crippen LogP contribution in [0.4, 0.5) is 14.5 Å². The number of carbonyl (C=O) groups is 1. The van der Waals surface area contributed by atoms with Gasteiger partial charge in [-0.2, -0.15) is 0 Å². The number of hydrogen-bond donors (Lipinski definition) is 1. The smallest absolute Gasteiger partial charge is 0.262 e. The zero-order valence-corrected chi connectivity index (χ0v) is 16.0. The summed E-state index contributed by atoms with van der Waals surface area (Å²) in [4.78, 5) is 29.3. The molecule has 1 heterocycles. The summed E-state index contributed by atoms with van der Waals surface area (Å²) in [5.74, 6) is -2.60. The molecule has 28 heavy (non-hydrogen) atoms. The number of nitrogens with zero attached hydrogens (tertiary/aromatic N) is 2. The van der Waals surface area contributed by atoms with Gasteiger partial charge in [0.2, 0.25) is 5.91 Å². The van der Waals surface area contributed by atoms with E-state index in [1.165, 1.54) is 10.6 Å². The fraction of sp³-hybridized carbons (Fsp3) is 0.105. The fourth-order valence-electron chi connectivity index (χ4n) is 2.48. The third kappa shape index (κ3) is 4.40. The van der Waals surface area contributed by atoms with E-state index >= 15 is 0 Å². The number of halogens is 3. The fourth-order valence-corrected chi connectivity index (χ4v) is 3.45. The number of rotatable bonds is 6. The van der Waals surface area contributed by atoms with E-state index in [0.29, 0.717) is 21.1 Å². The summed E-state index contributed by atoms with van der Waals surface area (Å²) in [5, 5.41) is 3.63. The van der Waals surface area contributed by atoms with Crippen molar-refractivity contribution in [1.82, 2.24) is 9.55 Å². The molecule has 0 saturated carbocycles. The van der Waals surface area contributed by atoms with E-state index < -0.39 is 17.5 Å². The van der Waals surface area contributed by atoms with Gasteiger partial charge >= 0.3 is 0 Å². The Morgan fingerprint density at radius 3 is 2.75 bits per heavy atom. The summed E-state index contributed by atoms with van der Waals surface area (Å²) in [6.07, 6.45) is 1.55. The highest BCUT2D eigenvalue weighted by Crippen LogP contribution is 2.21. The highest BCUT2D eigenvalue weighted by molar-refractivity contribution is 7.99. The summed E-state index contributed by atoms with van der Waals surface area (Å²) < 4.78 is 27.6. The molecule has 0 aliphatic carbocycles. The number of thioether (sulfide) groups is 1. The Bertz CT molecular complexity index is 1130. The zero-order valence-electron chi connectivity index (χ0n) is 14.4. The molecule has 3 aromatic rings. The largest absolute Gasteiger partial charge is 0.325 e. The Kier molecular flexibility index (Phi) is 6.11. The maximum Gasteiger partial charge on any atom is 0.262 e. The molecule has 0 radical (unpaired) electrons. The van der Waals surface area contributed by atoms with Gasteiger partial charge in [-0.25, -0.2) is 13.8 Å². The Hall–Kier alpha value is -2.71. The molecule has 0 bridgehead atoms. The number of amides is 1. The number of nitrogens with one attached hydrogen (secondary N) is 1. The lowest BCUT2D eigenvalue weighted by Gasteiger charge is -2.12. The van der Waals surface area contributed by atoms with Gasteiger partial charge < -0.3 is 5.32 Å². The number of allylic oxidation sites excluding steroid dienone is 1. The van der Waals surface area contributed by atoms with E-state index in [0.717, 1.165) is 23.9 Å². The van der Waals surface area contributed by atoms with Crippen LogP contribution in [0.15, 0.2) is 59.0 Å². The van der Waals surface area contributed by atoms with Gasteiger partial charge in [0.05, 0.1) is 16.7 Å². The van der Waals surface area contributed by atoms with Gasteiger partial charge in [0.15, 0.2) is 16.8 Å². The highest BCUT2D eigenvalue weighted by Gasteiger charge is 2.13. The summed E-state index contributed by atoms with van der Waals surface area (Å²) in [6.45, 7) is 3.86. The van der Waals surface area contributed by atoms with Crippen molar-refractivity contribution in [3.05, 3.63) is 76.1 Å². The van der Waals surface area contributed by atoms with Crippen molar-refractivity contribution in [3.63, 3.8) is 0 Å². The maximum absolute atomic E-state index is 13.2. The van der Waals surface area contributed by atoms with Crippen LogP contribution >= 0.6 is 23.4 Å². The van der Waals surface area contributed by atoms with Gasteiger partial charge in [-0.05, 0) is 30.3 Å². The van der Waals surface area contributed by atoms with Crippen LogP contribution in [-0.4, -0.2) is 21.2 Å².